The van der Waals surface area contributed by atoms with E-state index in [9.17, 15) is 14.4 Å². The van der Waals surface area contributed by atoms with Gasteiger partial charge in [-0.15, -0.1) is 0 Å². The fourth-order valence-corrected chi connectivity index (χ4v) is 3.57. The molecule has 0 aromatic heterocycles. The van der Waals surface area contributed by atoms with Crippen molar-refractivity contribution in [2.75, 3.05) is 14.2 Å². The van der Waals surface area contributed by atoms with Gasteiger partial charge in [-0.05, 0) is 42.8 Å². The summed E-state index contributed by atoms with van der Waals surface area (Å²) < 4.78 is 15.6. The third kappa shape index (κ3) is 4.76. The van der Waals surface area contributed by atoms with Crippen LogP contribution in [-0.2, 0) is 9.53 Å². The number of hydrogen-bond donors (Lipinski definition) is 2. The Morgan fingerprint density at radius 3 is 2.39 bits per heavy atom. The number of benzene rings is 2. The standard InChI is InChI=1S/C21H18Cl2N2O6/c1-10-17(20(27)30-3)18(25-21(28)24-10)11-4-7-15(16(8-11)29-2)31-19(26)13-6-5-12(22)9-14(13)23/h4-9,18H,1-3H3,(H2,24,25,28). The topological polar surface area (TPSA) is 103 Å². The number of nitrogens with one attached hydrogen (secondary N) is 2. The Balaban J connectivity index is 1.94. The van der Waals surface area contributed by atoms with Crippen molar-refractivity contribution >= 4 is 41.2 Å². The van der Waals surface area contributed by atoms with E-state index in [1.54, 1.807) is 19.1 Å². The molecule has 31 heavy (non-hydrogen) atoms. The van der Waals surface area contributed by atoms with E-state index in [2.05, 4.69) is 10.6 Å². The van der Waals surface area contributed by atoms with E-state index >= 15 is 0 Å². The summed E-state index contributed by atoms with van der Waals surface area (Å²) in [5.41, 5.74) is 1.26. The van der Waals surface area contributed by atoms with Crippen molar-refractivity contribution in [3.63, 3.8) is 0 Å². The molecule has 2 aromatic carbocycles. The maximum atomic E-state index is 12.5. The summed E-state index contributed by atoms with van der Waals surface area (Å²) in [5.74, 6) is -0.954. The second-order valence-electron chi connectivity index (χ2n) is 6.49. The summed E-state index contributed by atoms with van der Waals surface area (Å²) in [6.45, 7) is 1.60. The number of allylic oxidation sites excluding steroid dienone is 1. The van der Waals surface area contributed by atoms with Crippen LogP contribution in [0.5, 0.6) is 11.5 Å². The maximum absolute atomic E-state index is 12.5. The molecule has 1 atom stereocenters. The maximum Gasteiger partial charge on any atom is 0.345 e. The molecule has 1 unspecified atom stereocenters. The summed E-state index contributed by atoms with van der Waals surface area (Å²) in [4.78, 5) is 36.7. The molecule has 1 aliphatic rings. The van der Waals surface area contributed by atoms with Crippen LogP contribution in [0.25, 0.3) is 0 Å². The van der Waals surface area contributed by atoms with Crippen LogP contribution in [0.4, 0.5) is 4.79 Å². The normalized spacial score (nSPS) is 15.6. The van der Waals surface area contributed by atoms with Gasteiger partial charge in [0, 0.05) is 10.7 Å². The SMILES string of the molecule is COC(=O)C1=C(C)NC(=O)NC1c1ccc(OC(=O)c2ccc(Cl)cc2Cl)c(OC)c1. The van der Waals surface area contributed by atoms with Crippen molar-refractivity contribution in [3.05, 3.63) is 68.8 Å². The zero-order chi connectivity index (χ0) is 22.7. The first kappa shape index (κ1) is 22.5. The zero-order valence-electron chi connectivity index (χ0n) is 16.7. The van der Waals surface area contributed by atoms with Crippen molar-refractivity contribution in [1.82, 2.24) is 10.6 Å². The van der Waals surface area contributed by atoms with Gasteiger partial charge in [0.25, 0.3) is 0 Å². The molecule has 0 spiro atoms. The Morgan fingerprint density at radius 1 is 1.00 bits per heavy atom. The number of amides is 2. The smallest absolute Gasteiger partial charge is 0.345 e. The quantitative estimate of drug-likeness (QED) is 0.511. The summed E-state index contributed by atoms with van der Waals surface area (Å²) >= 11 is 11.9. The lowest BCUT2D eigenvalue weighted by molar-refractivity contribution is -0.136. The highest BCUT2D eigenvalue weighted by molar-refractivity contribution is 6.36. The van der Waals surface area contributed by atoms with Gasteiger partial charge in [-0.1, -0.05) is 29.3 Å². The second kappa shape index (κ2) is 9.28. The molecule has 0 fully saturated rings. The molecule has 3 rings (SSSR count). The largest absolute Gasteiger partial charge is 0.493 e. The molecule has 0 aliphatic carbocycles. The Labute approximate surface area is 188 Å². The van der Waals surface area contributed by atoms with E-state index in [4.69, 9.17) is 37.4 Å². The second-order valence-corrected chi connectivity index (χ2v) is 7.33. The van der Waals surface area contributed by atoms with E-state index in [1.165, 1.54) is 38.5 Å². The van der Waals surface area contributed by atoms with Crippen LogP contribution in [0.1, 0.15) is 28.9 Å². The molecular formula is C21H18Cl2N2O6. The third-order valence-electron chi connectivity index (χ3n) is 4.55. The molecule has 1 heterocycles. The highest BCUT2D eigenvalue weighted by atomic mass is 35.5. The van der Waals surface area contributed by atoms with Crippen molar-refractivity contribution in [1.29, 1.82) is 0 Å². The van der Waals surface area contributed by atoms with Crippen LogP contribution in [-0.4, -0.2) is 32.2 Å². The van der Waals surface area contributed by atoms with Crippen molar-refractivity contribution in [2.45, 2.75) is 13.0 Å². The number of urea groups is 1. The van der Waals surface area contributed by atoms with E-state index in [1.807, 2.05) is 0 Å². The summed E-state index contributed by atoms with van der Waals surface area (Å²) in [6.07, 6.45) is 0. The molecule has 0 saturated heterocycles. The number of esters is 2. The first-order chi connectivity index (χ1) is 14.7. The van der Waals surface area contributed by atoms with Gasteiger partial charge in [-0.3, -0.25) is 0 Å². The van der Waals surface area contributed by atoms with Crippen LogP contribution in [0.3, 0.4) is 0 Å². The lowest BCUT2D eigenvalue weighted by Crippen LogP contribution is -2.45. The van der Waals surface area contributed by atoms with Gasteiger partial charge >= 0.3 is 18.0 Å². The van der Waals surface area contributed by atoms with Gasteiger partial charge in [0.05, 0.1) is 36.4 Å². The summed E-state index contributed by atoms with van der Waals surface area (Å²) in [6, 6.07) is 7.80. The summed E-state index contributed by atoms with van der Waals surface area (Å²) in [5, 5.41) is 5.75. The van der Waals surface area contributed by atoms with Gasteiger partial charge < -0.3 is 24.8 Å². The van der Waals surface area contributed by atoms with Crippen LogP contribution >= 0.6 is 23.2 Å². The highest BCUT2D eigenvalue weighted by Gasteiger charge is 2.32. The Bertz CT molecular complexity index is 1100. The predicted octanol–water partition coefficient (Wildman–Crippen LogP) is 4.02. The molecule has 0 bridgehead atoms. The minimum atomic E-state index is -0.787. The van der Waals surface area contributed by atoms with Gasteiger partial charge in [0.1, 0.15) is 0 Å². The van der Waals surface area contributed by atoms with Crippen molar-refractivity contribution in [2.24, 2.45) is 0 Å². The Hall–Kier alpha value is -3.23. The van der Waals surface area contributed by atoms with Gasteiger partial charge in [-0.25, -0.2) is 14.4 Å². The fraction of sp³-hybridized carbons (Fsp3) is 0.190. The fourth-order valence-electron chi connectivity index (χ4n) is 3.08. The Kier molecular flexibility index (Phi) is 6.72. The monoisotopic (exact) mass is 464 g/mol. The van der Waals surface area contributed by atoms with E-state index in [0.717, 1.165) is 0 Å². The van der Waals surface area contributed by atoms with E-state index < -0.39 is 24.0 Å². The van der Waals surface area contributed by atoms with Crippen molar-refractivity contribution in [3.8, 4) is 11.5 Å². The third-order valence-corrected chi connectivity index (χ3v) is 5.10. The molecule has 8 nitrogen and oxygen atoms in total. The van der Waals surface area contributed by atoms with Crippen LogP contribution in [0.2, 0.25) is 10.0 Å². The lowest BCUT2D eigenvalue weighted by Gasteiger charge is -2.28. The molecule has 2 aromatic rings. The van der Waals surface area contributed by atoms with E-state index in [-0.39, 0.29) is 27.7 Å². The minimum absolute atomic E-state index is 0.128. The molecule has 1 aliphatic heterocycles. The van der Waals surface area contributed by atoms with Gasteiger partial charge in [0.2, 0.25) is 0 Å². The molecule has 0 saturated carbocycles. The molecule has 2 amide bonds. The van der Waals surface area contributed by atoms with Gasteiger partial charge in [0.15, 0.2) is 11.5 Å². The highest BCUT2D eigenvalue weighted by Crippen LogP contribution is 2.35. The van der Waals surface area contributed by atoms with E-state index in [0.29, 0.717) is 16.3 Å². The number of halogens is 2. The first-order valence-corrected chi connectivity index (χ1v) is 9.72. The first-order valence-electron chi connectivity index (χ1n) is 8.97. The molecular weight excluding hydrogens is 447 g/mol. The van der Waals surface area contributed by atoms with Crippen LogP contribution < -0.4 is 20.1 Å². The zero-order valence-corrected chi connectivity index (χ0v) is 18.3. The number of hydrogen-bond acceptors (Lipinski definition) is 6. The molecule has 0 radical (unpaired) electrons. The average Bonchev–Trinajstić information content (AvgIpc) is 2.72. The number of ether oxygens (including phenoxy) is 3. The number of carbonyl (C=O) groups excluding carboxylic acids is 3. The lowest BCUT2D eigenvalue weighted by atomic mass is 9.95. The van der Waals surface area contributed by atoms with Crippen molar-refractivity contribution < 1.29 is 28.6 Å². The van der Waals surface area contributed by atoms with Crippen LogP contribution in [0.15, 0.2) is 47.7 Å². The number of rotatable bonds is 5. The number of methoxy groups -OCH3 is 2. The average molecular weight is 465 g/mol. The molecule has 2 N–H and O–H groups in total. The predicted molar refractivity (Wildman–Crippen MR) is 114 cm³/mol. The molecule has 10 heteroatoms. The Morgan fingerprint density at radius 2 is 1.74 bits per heavy atom. The molecule has 162 valence electrons. The minimum Gasteiger partial charge on any atom is -0.493 e. The van der Waals surface area contributed by atoms with Crippen LogP contribution in [0, 0.1) is 0 Å². The summed E-state index contributed by atoms with van der Waals surface area (Å²) in [7, 11) is 2.65. The number of carbonyl (C=O) groups is 3. The van der Waals surface area contributed by atoms with Gasteiger partial charge in [-0.2, -0.15) is 0 Å².